The number of carbonyl (C=O) groups excluding carboxylic acids is 1. The van der Waals surface area contributed by atoms with E-state index in [4.69, 9.17) is 4.74 Å². The van der Waals surface area contributed by atoms with Crippen molar-refractivity contribution in [3.05, 3.63) is 26.5 Å². The molecular formula is C10H13BrN2O3. The summed E-state index contributed by atoms with van der Waals surface area (Å²) < 4.78 is 5.29. The van der Waals surface area contributed by atoms with Gasteiger partial charge in [-0.05, 0) is 28.4 Å². The third-order valence-corrected chi connectivity index (χ3v) is 2.49. The largest absolute Gasteiger partial charge is 0.462 e. The monoisotopic (exact) mass is 288 g/mol. The average Bonchev–Trinajstić information content (AvgIpc) is 2.28. The summed E-state index contributed by atoms with van der Waals surface area (Å²) >= 11 is 3.07. The number of hydrogen-bond donors (Lipinski definition) is 2. The SMILES string of the molecule is CCCOC(=O)c1cc(Br)c(=O)[nH]c1NC. The van der Waals surface area contributed by atoms with Crippen LogP contribution in [0.25, 0.3) is 0 Å². The van der Waals surface area contributed by atoms with Crippen molar-refractivity contribution in [2.24, 2.45) is 0 Å². The van der Waals surface area contributed by atoms with Gasteiger partial charge in [0.2, 0.25) is 0 Å². The van der Waals surface area contributed by atoms with Crippen molar-refractivity contribution in [1.29, 1.82) is 0 Å². The van der Waals surface area contributed by atoms with Gasteiger partial charge in [0.25, 0.3) is 5.56 Å². The van der Waals surface area contributed by atoms with E-state index in [9.17, 15) is 9.59 Å². The zero-order chi connectivity index (χ0) is 12.1. The Morgan fingerprint density at radius 2 is 2.31 bits per heavy atom. The molecule has 0 aromatic carbocycles. The van der Waals surface area contributed by atoms with Crippen molar-refractivity contribution < 1.29 is 9.53 Å². The van der Waals surface area contributed by atoms with Gasteiger partial charge in [-0.15, -0.1) is 0 Å². The Morgan fingerprint density at radius 1 is 1.62 bits per heavy atom. The Labute approximate surface area is 101 Å². The van der Waals surface area contributed by atoms with Crippen LogP contribution < -0.4 is 10.9 Å². The van der Waals surface area contributed by atoms with Crippen molar-refractivity contribution >= 4 is 27.7 Å². The highest BCUT2D eigenvalue weighted by atomic mass is 79.9. The van der Waals surface area contributed by atoms with E-state index < -0.39 is 5.97 Å². The lowest BCUT2D eigenvalue weighted by atomic mass is 10.2. The van der Waals surface area contributed by atoms with Crippen LogP contribution in [-0.4, -0.2) is 24.6 Å². The minimum atomic E-state index is -0.455. The smallest absolute Gasteiger partial charge is 0.341 e. The summed E-state index contributed by atoms with van der Waals surface area (Å²) in [6.45, 7) is 2.27. The molecule has 0 saturated carbocycles. The molecule has 1 heterocycles. The predicted octanol–water partition coefficient (Wildman–Crippen LogP) is 1.75. The molecule has 0 aliphatic carbocycles. The van der Waals surface area contributed by atoms with Crippen LogP contribution in [0.2, 0.25) is 0 Å². The van der Waals surface area contributed by atoms with E-state index in [0.29, 0.717) is 22.5 Å². The highest BCUT2D eigenvalue weighted by Gasteiger charge is 2.14. The summed E-state index contributed by atoms with van der Waals surface area (Å²) in [6, 6.07) is 1.45. The molecule has 5 nitrogen and oxygen atoms in total. The van der Waals surface area contributed by atoms with Crippen molar-refractivity contribution in [2.45, 2.75) is 13.3 Å². The van der Waals surface area contributed by atoms with Gasteiger partial charge in [-0.3, -0.25) is 4.79 Å². The first-order valence-corrected chi connectivity index (χ1v) is 5.67. The van der Waals surface area contributed by atoms with Crippen LogP contribution in [-0.2, 0) is 4.74 Å². The summed E-state index contributed by atoms with van der Waals surface area (Å²) in [7, 11) is 1.62. The van der Waals surface area contributed by atoms with Crippen LogP contribution in [0.4, 0.5) is 5.82 Å². The fourth-order valence-corrected chi connectivity index (χ4v) is 1.46. The van der Waals surface area contributed by atoms with Gasteiger partial charge in [-0.2, -0.15) is 0 Å². The number of anilines is 1. The number of rotatable bonds is 4. The molecule has 1 aromatic rings. The van der Waals surface area contributed by atoms with E-state index in [0.717, 1.165) is 6.42 Å². The first kappa shape index (κ1) is 12.8. The number of carbonyl (C=O) groups is 1. The number of nitrogens with one attached hydrogen (secondary N) is 2. The Morgan fingerprint density at radius 3 is 2.88 bits per heavy atom. The molecule has 16 heavy (non-hydrogen) atoms. The van der Waals surface area contributed by atoms with E-state index in [1.807, 2.05) is 6.92 Å². The van der Waals surface area contributed by atoms with Crippen molar-refractivity contribution in [3.63, 3.8) is 0 Å². The van der Waals surface area contributed by atoms with E-state index >= 15 is 0 Å². The van der Waals surface area contributed by atoms with Gasteiger partial charge < -0.3 is 15.0 Å². The molecule has 2 N–H and O–H groups in total. The van der Waals surface area contributed by atoms with Gasteiger partial charge in [0, 0.05) is 7.05 Å². The number of pyridine rings is 1. The number of aromatic nitrogens is 1. The molecule has 0 radical (unpaired) electrons. The van der Waals surface area contributed by atoms with Gasteiger partial charge in [0.15, 0.2) is 0 Å². The Kier molecular flexibility index (Phi) is 4.54. The van der Waals surface area contributed by atoms with Crippen molar-refractivity contribution in [1.82, 2.24) is 4.98 Å². The Bertz CT molecular complexity index is 442. The second-order valence-electron chi connectivity index (χ2n) is 3.12. The molecule has 0 saturated heterocycles. The number of esters is 1. The third kappa shape index (κ3) is 2.85. The van der Waals surface area contributed by atoms with Crippen molar-refractivity contribution in [3.8, 4) is 0 Å². The zero-order valence-corrected chi connectivity index (χ0v) is 10.7. The van der Waals surface area contributed by atoms with Crippen molar-refractivity contribution in [2.75, 3.05) is 19.0 Å². The van der Waals surface area contributed by atoms with E-state index in [1.54, 1.807) is 7.05 Å². The summed E-state index contributed by atoms with van der Waals surface area (Å²) in [6.07, 6.45) is 0.755. The lowest BCUT2D eigenvalue weighted by molar-refractivity contribution is 0.0505. The fraction of sp³-hybridized carbons (Fsp3) is 0.400. The molecule has 0 bridgehead atoms. The predicted molar refractivity (Wildman–Crippen MR) is 64.9 cm³/mol. The lowest BCUT2D eigenvalue weighted by Crippen LogP contribution is -2.16. The maximum atomic E-state index is 11.6. The molecule has 0 fully saturated rings. The summed E-state index contributed by atoms with van der Waals surface area (Å²) in [4.78, 5) is 25.5. The van der Waals surface area contributed by atoms with Crippen LogP contribution in [0.3, 0.4) is 0 Å². The molecule has 0 spiro atoms. The number of halogens is 1. The molecule has 0 aliphatic heterocycles. The number of H-pyrrole nitrogens is 1. The highest BCUT2D eigenvalue weighted by molar-refractivity contribution is 9.10. The molecule has 0 unspecified atom stereocenters. The maximum Gasteiger partial charge on any atom is 0.341 e. The fourth-order valence-electron chi connectivity index (χ4n) is 1.14. The maximum absolute atomic E-state index is 11.6. The summed E-state index contributed by atoms with van der Waals surface area (Å²) in [5, 5.41) is 2.74. The van der Waals surface area contributed by atoms with E-state index in [-0.39, 0.29) is 5.56 Å². The second kappa shape index (κ2) is 5.69. The van der Waals surface area contributed by atoms with Gasteiger partial charge in [-0.25, -0.2) is 4.79 Å². The van der Waals surface area contributed by atoms with E-state index in [1.165, 1.54) is 6.07 Å². The normalized spacial score (nSPS) is 9.94. The zero-order valence-electron chi connectivity index (χ0n) is 9.09. The number of ether oxygens (including phenoxy) is 1. The van der Waals surface area contributed by atoms with Crippen LogP contribution in [0.15, 0.2) is 15.3 Å². The van der Waals surface area contributed by atoms with Crippen LogP contribution >= 0.6 is 15.9 Å². The van der Waals surface area contributed by atoms with Gasteiger partial charge in [0.1, 0.15) is 11.4 Å². The molecule has 6 heteroatoms. The minimum absolute atomic E-state index is 0.295. The van der Waals surface area contributed by atoms with Gasteiger partial charge in [0.05, 0.1) is 11.1 Å². The first-order valence-electron chi connectivity index (χ1n) is 4.87. The lowest BCUT2D eigenvalue weighted by Gasteiger charge is -2.08. The molecule has 1 aromatic heterocycles. The Hall–Kier alpha value is -1.30. The van der Waals surface area contributed by atoms with E-state index in [2.05, 4.69) is 26.2 Å². The van der Waals surface area contributed by atoms with Gasteiger partial charge >= 0.3 is 5.97 Å². The topological polar surface area (TPSA) is 71.2 Å². The van der Waals surface area contributed by atoms with Crippen LogP contribution in [0, 0.1) is 0 Å². The number of aromatic amines is 1. The molecule has 88 valence electrons. The standard InChI is InChI=1S/C10H13BrN2O3/c1-3-4-16-10(15)6-5-7(11)9(14)13-8(6)12-2/h5H,3-4H2,1-2H3,(H2,12,13,14). The molecule has 0 aliphatic rings. The average molecular weight is 289 g/mol. The summed E-state index contributed by atoms with van der Waals surface area (Å²) in [5.74, 6) is -0.0996. The Balaban J connectivity index is 3.06. The first-order chi connectivity index (χ1) is 7.60. The third-order valence-electron chi connectivity index (χ3n) is 1.90. The quantitative estimate of drug-likeness (QED) is 0.828. The van der Waals surface area contributed by atoms with Gasteiger partial charge in [-0.1, -0.05) is 6.92 Å². The molecular weight excluding hydrogens is 276 g/mol. The molecule has 0 amide bonds. The van der Waals surface area contributed by atoms with Crippen LogP contribution in [0.5, 0.6) is 0 Å². The highest BCUT2D eigenvalue weighted by Crippen LogP contribution is 2.15. The van der Waals surface area contributed by atoms with Crippen LogP contribution in [0.1, 0.15) is 23.7 Å². The molecule has 0 atom stereocenters. The number of hydrogen-bond acceptors (Lipinski definition) is 4. The second-order valence-corrected chi connectivity index (χ2v) is 3.98. The molecule has 1 rings (SSSR count). The minimum Gasteiger partial charge on any atom is -0.462 e. The summed E-state index contributed by atoms with van der Waals surface area (Å²) in [5.41, 5.74) is 0.0128.